The maximum absolute atomic E-state index is 5.95. The highest BCUT2D eigenvalue weighted by atomic mass is 35.5. The molecule has 0 heterocycles. The Labute approximate surface area is 127 Å². The third-order valence-corrected chi connectivity index (χ3v) is 4.49. The Hall–Kier alpha value is 0.250. The molecule has 19 heavy (non-hydrogen) atoms. The summed E-state index contributed by atoms with van der Waals surface area (Å²) < 4.78 is 1.35. The molecule has 0 bridgehead atoms. The zero-order valence-corrected chi connectivity index (χ0v) is 14.5. The number of rotatable bonds is 14. The van der Waals surface area contributed by atoms with Crippen LogP contribution in [0, 0.1) is 0 Å². The molecule has 0 aromatic rings. The van der Waals surface area contributed by atoms with Crippen LogP contribution >= 0.6 is 11.6 Å². The number of unbranched alkanes of at least 4 members (excludes halogenated alkanes) is 5. The van der Waals surface area contributed by atoms with Crippen LogP contribution in [0.3, 0.4) is 0 Å². The van der Waals surface area contributed by atoms with E-state index in [0.717, 1.165) is 5.88 Å². The van der Waals surface area contributed by atoms with E-state index in [1.807, 2.05) is 0 Å². The molecular formula is C17H37ClN+. The summed E-state index contributed by atoms with van der Waals surface area (Å²) in [6.45, 7) is 12.4. The van der Waals surface area contributed by atoms with E-state index in [9.17, 15) is 0 Å². The van der Waals surface area contributed by atoms with E-state index in [-0.39, 0.29) is 0 Å². The van der Waals surface area contributed by atoms with Crippen LogP contribution < -0.4 is 0 Å². The van der Waals surface area contributed by atoms with E-state index in [4.69, 9.17) is 11.6 Å². The summed E-state index contributed by atoms with van der Waals surface area (Å²) in [7, 11) is 0. The normalized spacial score (nSPS) is 12.0. The van der Waals surface area contributed by atoms with Crippen molar-refractivity contribution in [3.8, 4) is 0 Å². The van der Waals surface area contributed by atoms with Crippen molar-refractivity contribution in [2.75, 3.05) is 32.1 Å². The number of hydrogen-bond acceptors (Lipinski definition) is 0. The first kappa shape index (κ1) is 19.2. The van der Waals surface area contributed by atoms with Gasteiger partial charge in [-0.2, -0.15) is 0 Å². The Bertz CT molecular complexity index is 162. The molecule has 0 aliphatic carbocycles. The molecule has 2 heteroatoms. The monoisotopic (exact) mass is 290 g/mol. The minimum atomic E-state index is 0.827. The summed E-state index contributed by atoms with van der Waals surface area (Å²) in [5, 5.41) is 0. The summed E-state index contributed by atoms with van der Waals surface area (Å²) in [6.07, 6.45) is 12.1. The van der Waals surface area contributed by atoms with E-state index in [2.05, 4.69) is 20.8 Å². The molecule has 0 saturated heterocycles. The number of alkyl halides is 1. The third kappa shape index (κ3) is 9.73. The van der Waals surface area contributed by atoms with E-state index < -0.39 is 0 Å². The second kappa shape index (κ2) is 13.2. The van der Waals surface area contributed by atoms with Gasteiger partial charge in [-0.3, -0.25) is 0 Å². The summed E-state index contributed by atoms with van der Waals surface area (Å²) >= 11 is 5.95. The van der Waals surface area contributed by atoms with Gasteiger partial charge in [0.1, 0.15) is 0 Å². The molecular weight excluding hydrogens is 254 g/mol. The van der Waals surface area contributed by atoms with Crippen LogP contribution in [0.15, 0.2) is 0 Å². The Morgan fingerprint density at radius 2 is 1.00 bits per heavy atom. The molecule has 0 aromatic heterocycles. The molecule has 0 rings (SSSR count). The first-order chi connectivity index (χ1) is 9.24. The lowest BCUT2D eigenvalue weighted by Crippen LogP contribution is -2.51. The topological polar surface area (TPSA) is 0 Å². The summed E-state index contributed by atoms with van der Waals surface area (Å²) in [5.74, 6) is 0.827. The van der Waals surface area contributed by atoms with Gasteiger partial charge in [0.25, 0.3) is 0 Å². The first-order valence-electron chi connectivity index (χ1n) is 8.65. The predicted octanol–water partition coefficient (Wildman–Crippen LogP) is 5.61. The third-order valence-electron chi connectivity index (χ3n) is 4.22. The van der Waals surface area contributed by atoms with Gasteiger partial charge in [-0.05, 0) is 32.1 Å². The van der Waals surface area contributed by atoms with Crippen molar-refractivity contribution in [3.63, 3.8) is 0 Å². The number of quaternary nitrogens is 1. The minimum absolute atomic E-state index is 0.827. The van der Waals surface area contributed by atoms with Crippen molar-refractivity contribution in [2.24, 2.45) is 0 Å². The summed E-state index contributed by atoms with van der Waals surface area (Å²) in [6, 6.07) is 0. The minimum Gasteiger partial charge on any atom is -0.324 e. The molecule has 1 nitrogen and oxygen atoms in total. The van der Waals surface area contributed by atoms with Crippen molar-refractivity contribution in [2.45, 2.75) is 78.6 Å². The van der Waals surface area contributed by atoms with E-state index >= 15 is 0 Å². The van der Waals surface area contributed by atoms with Gasteiger partial charge in [0.2, 0.25) is 0 Å². The molecule has 0 N–H and O–H groups in total. The number of hydrogen-bond donors (Lipinski definition) is 0. The van der Waals surface area contributed by atoms with Crippen molar-refractivity contribution >= 4 is 11.6 Å². The second-order valence-electron chi connectivity index (χ2n) is 6.05. The van der Waals surface area contributed by atoms with Gasteiger partial charge in [-0.15, -0.1) is 11.6 Å². The van der Waals surface area contributed by atoms with Gasteiger partial charge < -0.3 is 4.48 Å². The molecule has 0 atom stereocenters. The zero-order valence-electron chi connectivity index (χ0n) is 13.7. The van der Waals surface area contributed by atoms with Crippen molar-refractivity contribution in [1.29, 1.82) is 0 Å². The molecule has 0 amide bonds. The second-order valence-corrected chi connectivity index (χ2v) is 6.42. The average molecular weight is 291 g/mol. The Kier molecular flexibility index (Phi) is 13.4. The van der Waals surface area contributed by atoms with Gasteiger partial charge in [0.05, 0.1) is 26.2 Å². The molecule has 0 aliphatic heterocycles. The van der Waals surface area contributed by atoms with Crippen LogP contribution in [0.4, 0.5) is 0 Å². The van der Waals surface area contributed by atoms with Crippen molar-refractivity contribution in [1.82, 2.24) is 0 Å². The van der Waals surface area contributed by atoms with Crippen LogP contribution in [0.5, 0.6) is 0 Å². The number of nitrogens with zero attached hydrogens (tertiary/aromatic N) is 1. The lowest BCUT2D eigenvalue weighted by Gasteiger charge is -2.39. The van der Waals surface area contributed by atoms with Crippen LogP contribution in [0.1, 0.15) is 78.6 Å². The maximum Gasteiger partial charge on any atom is 0.0798 e. The first-order valence-corrected chi connectivity index (χ1v) is 9.19. The Morgan fingerprint density at radius 3 is 1.42 bits per heavy atom. The lowest BCUT2D eigenvalue weighted by atomic mass is 10.1. The Balaban J connectivity index is 4.44. The van der Waals surface area contributed by atoms with Gasteiger partial charge in [0.15, 0.2) is 0 Å². The lowest BCUT2D eigenvalue weighted by molar-refractivity contribution is -0.928. The standard InChI is InChI=1S/C17H37ClN/c1-4-7-10-15-19(14-9-6-3,17-12-13-18)16-11-8-5-2/h4-17H2,1-3H3/q+1. The molecule has 0 aliphatic rings. The van der Waals surface area contributed by atoms with Gasteiger partial charge in [0, 0.05) is 12.3 Å². The fourth-order valence-electron chi connectivity index (χ4n) is 2.95. The molecule has 0 unspecified atom stereocenters. The van der Waals surface area contributed by atoms with Gasteiger partial charge in [-0.25, -0.2) is 0 Å². The van der Waals surface area contributed by atoms with Crippen molar-refractivity contribution in [3.05, 3.63) is 0 Å². The maximum atomic E-state index is 5.95. The van der Waals surface area contributed by atoms with Crippen LogP contribution in [-0.2, 0) is 0 Å². The van der Waals surface area contributed by atoms with Gasteiger partial charge >= 0.3 is 0 Å². The highest BCUT2D eigenvalue weighted by Crippen LogP contribution is 2.17. The SMILES string of the molecule is CCCCC[N+](CCCC)(CCCCl)CCCCC. The molecule has 0 radical (unpaired) electrons. The summed E-state index contributed by atoms with van der Waals surface area (Å²) in [5.41, 5.74) is 0. The quantitative estimate of drug-likeness (QED) is 0.221. The Morgan fingerprint density at radius 1 is 0.579 bits per heavy atom. The fraction of sp³-hybridized carbons (Fsp3) is 1.00. The largest absolute Gasteiger partial charge is 0.324 e. The predicted molar refractivity (Wildman–Crippen MR) is 89.0 cm³/mol. The molecule has 0 aromatic carbocycles. The van der Waals surface area contributed by atoms with Crippen molar-refractivity contribution < 1.29 is 4.48 Å². The highest BCUT2D eigenvalue weighted by molar-refractivity contribution is 6.17. The highest BCUT2D eigenvalue weighted by Gasteiger charge is 2.25. The van der Waals surface area contributed by atoms with E-state index in [1.165, 1.54) is 88.4 Å². The smallest absolute Gasteiger partial charge is 0.0798 e. The molecule has 116 valence electrons. The number of halogens is 1. The zero-order chi connectivity index (χ0) is 14.4. The summed E-state index contributed by atoms with van der Waals surface area (Å²) in [4.78, 5) is 0. The average Bonchev–Trinajstić information content (AvgIpc) is 2.43. The molecule has 0 saturated carbocycles. The van der Waals surface area contributed by atoms with Gasteiger partial charge in [-0.1, -0.05) is 40.0 Å². The van der Waals surface area contributed by atoms with E-state index in [1.54, 1.807) is 0 Å². The fourth-order valence-corrected chi connectivity index (χ4v) is 3.07. The van der Waals surface area contributed by atoms with Crippen LogP contribution in [0.2, 0.25) is 0 Å². The van der Waals surface area contributed by atoms with Crippen LogP contribution in [-0.4, -0.2) is 36.5 Å². The molecule has 0 spiro atoms. The van der Waals surface area contributed by atoms with E-state index in [0.29, 0.717) is 0 Å². The molecule has 0 fully saturated rings. The van der Waals surface area contributed by atoms with Crippen LogP contribution in [0.25, 0.3) is 0 Å².